The molecule has 0 bridgehead atoms. The van der Waals surface area contributed by atoms with Crippen LogP contribution in [-0.4, -0.2) is 50.2 Å². The molecule has 2 fully saturated rings. The topological polar surface area (TPSA) is 41.6 Å². The van der Waals surface area contributed by atoms with Crippen molar-refractivity contribution in [1.82, 2.24) is 10.2 Å². The average molecular weight is 371 g/mol. The SMILES string of the molecule is CO[C@@H]1CN(C(=O)C2CCNCC2)CC[C@@H]1Cc1cccc(F)c1.Cl. The number of rotatable bonds is 4. The van der Waals surface area contributed by atoms with Crippen LogP contribution in [0.4, 0.5) is 4.39 Å². The largest absolute Gasteiger partial charge is 0.379 e. The Hall–Kier alpha value is -1.17. The molecule has 0 radical (unpaired) electrons. The fourth-order valence-electron chi connectivity index (χ4n) is 3.96. The summed E-state index contributed by atoms with van der Waals surface area (Å²) in [7, 11) is 1.71. The number of piperidine rings is 2. The van der Waals surface area contributed by atoms with E-state index < -0.39 is 0 Å². The van der Waals surface area contributed by atoms with E-state index in [1.165, 1.54) is 6.07 Å². The Labute approximate surface area is 155 Å². The Morgan fingerprint density at radius 3 is 2.76 bits per heavy atom. The summed E-state index contributed by atoms with van der Waals surface area (Å²) in [5, 5.41) is 3.31. The lowest BCUT2D eigenvalue weighted by molar-refractivity contribution is -0.141. The second-order valence-electron chi connectivity index (χ2n) is 6.97. The maximum atomic E-state index is 13.4. The third-order valence-electron chi connectivity index (χ3n) is 5.39. The molecular formula is C19H28ClFN2O2. The third-order valence-corrected chi connectivity index (χ3v) is 5.39. The summed E-state index contributed by atoms with van der Waals surface area (Å²) in [5.41, 5.74) is 1.00. The number of nitrogens with one attached hydrogen (secondary N) is 1. The number of amides is 1. The smallest absolute Gasteiger partial charge is 0.225 e. The summed E-state index contributed by atoms with van der Waals surface area (Å²) in [6.45, 7) is 3.29. The minimum absolute atomic E-state index is 0. The molecule has 1 aromatic carbocycles. The predicted molar refractivity (Wildman–Crippen MR) is 98.4 cm³/mol. The van der Waals surface area contributed by atoms with E-state index in [1.807, 2.05) is 11.0 Å². The summed E-state index contributed by atoms with van der Waals surface area (Å²) in [4.78, 5) is 14.7. The number of carbonyl (C=O) groups is 1. The lowest BCUT2D eigenvalue weighted by atomic mass is 9.86. The molecule has 2 atom stereocenters. The predicted octanol–water partition coefficient (Wildman–Crippen LogP) is 2.65. The number of hydrogen-bond donors (Lipinski definition) is 1. The number of likely N-dealkylation sites (tertiary alicyclic amines) is 1. The number of halogens is 2. The Morgan fingerprint density at radius 1 is 1.32 bits per heavy atom. The van der Waals surface area contributed by atoms with Crippen molar-refractivity contribution in [2.75, 3.05) is 33.3 Å². The molecule has 0 aromatic heterocycles. The van der Waals surface area contributed by atoms with Crippen molar-refractivity contribution in [3.8, 4) is 0 Å². The number of nitrogens with zero attached hydrogens (tertiary/aromatic N) is 1. The normalized spacial score (nSPS) is 24.6. The zero-order valence-corrected chi connectivity index (χ0v) is 15.6. The van der Waals surface area contributed by atoms with Crippen LogP contribution in [0.25, 0.3) is 0 Å². The van der Waals surface area contributed by atoms with Gasteiger partial charge in [0.1, 0.15) is 5.82 Å². The molecule has 2 heterocycles. The average Bonchev–Trinajstić information content (AvgIpc) is 2.62. The van der Waals surface area contributed by atoms with Crippen molar-refractivity contribution >= 4 is 18.3 Å². The van der Waals surface area contributed by atoms with Gasteiger partial charge in [-0.15, -0.1) is 12.4 Å². The monoisotopic (exact) mass is 370 g/mol. The van der Waals surface area contributed by atoms with Gasteiger partial charge in [0.15, 0.2) is 0 Å². The van der Waals surface area contributed by atoms with Gasteiger partial charge in [-0.3, -0.25) is 4.79 Å². The van der Waals surface area contributed by atoms with E-state index in [4.69, 9.17) is 4.74 Å². The molecule has 140 valence electrons. The highest BCUT2D eigenvalue weighted by atomic mass is 35.5. The number of benzene rings is 1. The standard InChI is InChI=1S/C19H27FN2O2.ClH/c1-24-18-13-22(19(23)15-5-8-21-9-6-15)10-7-16(18)11-14-3-2-4-17(20)12-14;/h2-4,12,15-16,18,21H,5-11,13H2,1H3;1H/t16-,18-;/m1./s1. The van der Waals surface area contributed by atoms with Crippen molar-refractivity contribution < 1.29 is 13.9 Å². The maximum absolute atomic E-state index is 13.4. The van der Waals surface area contributed by atoms with E-state index in [9.17, 15) is 9.18 Å². The Kier molecular flexibility index (Phi) is 7.66. The minimum Gasteiger partial charge on any atom is -0.379 e. The van der Waals surface area contributed by atoms with Crippen molar-refractivity contribution in [1.29, 1.82) is 0 Å². The number of ether oxygens (including phenoxy) is 1. The van der Waals surface area contributed by atoms with Crippen LogP contribution in [0.15, 0.2) is 24.3 Å². The molecule has 0 unspecified atom stereocenters. The van der Waals surface area contributed by atoms with E-state index in [2.05, 4.69) is 5.32 Å². The molecule has 4 nitrogen and oxygen atoms in total. The van der Waals surface area contributed by atoms with Gasteiger partial charge in [-0.2, -0.15) is 0 Å². The molecule has 2 aliphatic heterocycles. The first-order valence-electron chi connectivity index (χ1n) is 8.94. The van der Waals surface area contributed by atoms with Gasteiger partial charge in [0.25, 0.3) is 0 Å². The zero-order valence-electron chi connectivity index (χ0n) is 14.7. The van der Waals surface area contributed by atoms with Crippen molar-refractivity contribution in [3.63, 3.8) is 0 Å². The van der Waals surface area contributed by atoms with E-state index in [1.54, 1.807) is 19.2 Å². The van der Waals surface area contributed by atoms with E-state index in [0.29, 0.717) is 12.5 Å². The highest BCUT2D eigenvalue weighted by Gasteiger charge is 2.34. The highest BCUT2D eigenvalue weighted by molar-refractivity contribution is 5.85. The van der Waals surface area contributed by atoms with E-state index >= 15 is 0 Å². The Morgan fingerprint density at radius 2 is 2.08 bits per heavy atom. The molecule has 0 spiro atoms. The fraction of sp³-hybridized carbons (Fsp3) is 0.632. The van der Waals surface area contributed by atoms with Crippen LogP contribution in [-0.2, 0) is 16.0 Å². The van der Waals surface area contributed by atoms with E-state index in [0.717, 1.165) is 50.9 Å². The molecule has 3 rings (SSSR count). The van der Waals surface area contributed by atoms with Crippen LogP contribution >= 0.6 is 12.4 Å². The Bertz CT molecular complexity index is 566. The maximum Gasteiger partial charge on any atom is 0.225 e. The quantitative estimate of drug-likeness (QED) is 0.885. The molecule has 0 aliphatic carbocycles. The minimum atomic E-state index is -0.194. The van der Waals surface area contributed by atoms with Gasteiger partial charge in [0.05, 0.1) is 6.10 Å². The van der Waals surface area contributed by atoms with Gasteiger partial charge in [-0.25, -0.2) is 4.39 Å². The summed E-state index contributed by atoms with van der Waals surface area (Å²) >= 11 is 0. The molecule has 1 aromatic rings. The molecule has 1 amide bonds. The molecule has 1 N–H and O–H groups in total. The van der Waals surface area contributed by atoms with Crippen LogP contribution in [0.3, 0.4) is 0 Å². The number of hydrogen-bond acceptors (Lipinski definition) is 3. The molecular weight excluding hydrogens is 343 g/mol. The summed E-state index contributed by atoms with van der Waals surface area (Å²) in [5.74, 6) is 0.570. The lowest BCUT2D eigenvalue weighted by Crippen LogP contribution is -2.50. The second kappa shape index (κ2) is 9.51. The van der Waals surface area contributed by atoms with Crippen molar-refractivity contribution in [3.05, 3.63) is 35.6 Å². The van der Waals surface area contributed by atoms with Gasteiger partial charge in [0, 0.05) is 26.1 Å². The van der Waals surface area contributed by atoms with Crippen molar-refractivity contribution in [2.45, 2.75) is 31.8 Å². The Balaban J connectivity index is 0.00000225. The van der Waals surface area contributed by atoms with Crippen LogP contribution in [0, 0.1) is 17.7 Å². The van der Waals surface area contributed by atoms with E-state index in [-0.39, 0.29) is 36.2 Å². The summed E-state index contributed by atoms with van der Waals surface area (Å²) in [6, 6.07) is 6.78. The van der Waals surface area contributed by atoms with Gasteiger partial charge in [-0.05, 0) is 62.4 Å². The van der Waals surface area contributed by atoms with Gasteiger partial charge in [-0.1, -0.05) is 12.1 Å². The van der Waals surface area contributed by atoms with Crippen LogP contribution in [0.5, 0.6) is 0 Å². The molecule has 25 heavy (non-hydrogen) atoms. The fourth-order valence-corrected chi connectivity index (χ4v) is 3.96. The molecule has 6 heteroatoms. The number of methoxy groups -OCH3 is 1. The second-order valence-corrected chi connectivity index (χ2v) is 6.97. The number of carbonyl (C=O) groups excluding carboxylic acids is 1. The first-order chi connectivity index (χ1) is 11.7. The van der Waals surface area contributed by atoms with Crippen LogP contribution in [0.2, 0.25) is 0 Å². The first-order valence-corrected chi connectivity index (χ1v) is 8.94. The van der Waals surface area contributed by atoms with Crippen LogP contribution in [0.1, 0.15) is 24.8 Å². The van der Waals surface area contributed by atoms with Crippen LogP contribution < -0.4 is 5.32 Å². The van der Waals surface area contributed by atoms with Gasteiger partial charge in [0.2, 0.25) is 5.91 Å². The molecule has 2 saturated heterocycles. The third kappa shape index (κ3) is 5.16. The highest BCUT2D eigenvalue weighted by Crippen LogP contribution is 2.26. The lowest BCUT2D eigenvalue weighted by Gasteiger charge is -2.40. The summed E-state index contributed by atoms with van der Waals surface area (Å²) in [6.07, 6.45) is 3.59. The first kappa shape index (κ1) is 20.1. The zero-order chi connectivity index (χ0) is 16.9. The summed E-state index contributed by atoms with van der Waals surface area (Å²) < 4.78 is 19.1. The van der Waals surface area contributed by atoms with Gasteiger partial charge >= 0.3 is 0 Å². The molecule has 0 saturated carbocycles. The van der Waals surface area contributed by atoms with Crippen molar-refractivity contribution in [2.24, 2.45) is 11.8 Å². The van der Waals surface area contributed by atoms with Gasteiger partial charge < -0.3 is 15.0 Å². The molecule has 2 aliphatic rings.